The molecule has 138 valence electrons. The Balaban J connectivity index is 1.79. The maximum Gasteiger partial charge on any atom is 0.357 e. The van der Waals surface area contributed by atoms with Crippen LogP contribution in [0.2, 0.25) is 0 Å². The number of rotatable bonds is 6. The van der Waals surface area contributed by atoms with Gasteiger partial charge in [-0.15, -0.1) is 11.3 Å². The largest absolute Gasteiger partial charge is 0.461 e. The SMILES string of the molecule is CCOC(=O)c1csc(CN(C(=O)c2ccccc2)C2CCCCC2)n1. The van der Waals surface area contributed by atoms with Gasteiger partial charge in [-0.1, -0.05) is 37.5 Å². The summed E-state index contributed by atoms with van der Waals surface area (Å²) in [6.45, 7) is 2.53. The minimum absolute atomic E-state index is 0.0328. The van der Waals surface area contributed by atoms with Crippen molar-refractivity contribution in [2.45, 2.75) is 51.6 Å². The van der Waals surface area contributed by atoms with E-state index in [0.717, 1.165) is 30.7 Å². The first-order chi connectivity index (χ1) is 12.7. The van der Waals surface area contributed by atoms with Crippen LogP contribution in [-0.4, -0.2) is 34.4 Å². The van der Waals surface area contributed by atoms with E-state index in [2.05, 4.69) is 4.98 Å². The number of ether oxygens (including phenoxy) is 1. The van der Waals surface area contributed by atoms with E-state index >= 15 is 0 Å². The van der Waals surface area contributed by atoms with Crippen LogP contribution in [0.5, 0.6) is 0 Å². The standard InChI is InChI=1S/C20H24N2O3S/c1-2-25-20(24)17-14-26-18(21-17)13-22(16-11-7-4-8-12-16)19(23)15-9-5-3-6-10-15/h3,5-6,9-10,14,16H,2,4,7-8,11-13H2,1H3. The van der Waals surface area contributed by atoms with Crippen molar-refractivity contribution in [1.82, 2.24) is 9.88 Å². The molecule has 1 fully saturated rings. The van der Waals surface area contributed by atoms with Crippen molar-refractivity contribution in [1.29, 1.82) is 0 Å². The number of benzene rings is 1. The van der Waals surface area contributed by atoms with Crippen LogP contribution in [0.1, 0.15) is 64.9 Å². The summed E-state index contributed by atoms with van der Waals surface area (Å²) in [7, 11) is 0. The summed E-state index contributed by atoms with van der Waals surface area (Å²) in [5, 5.41) is 2.47. The Bertz CT molecular complexity index is 739. The normalized spacial score (nSPS) is 14.8. The van der Waals surface area contributed by atoms with Gasteiger partial charge in [0.05, 0.1) is 13.2 Å². The highest BCUT2D eigenvalue weighted by Crippen LogP contribution is 2.26. The van der Waals surface area contributed by atoms with E-state index in [1.807, 2.05) is 35.2 Å². The number of thiazole rings is 1. The van der Waals surface area contributed by atoms with E-state index < -0.39 is 5.97 Å². The molecule has 1 aromatic carbocycles. The number of carbonyl (C=O) groups is 2. The molecule has 0 saturated heterocycles. The quantitative estimate of drug-likeness (QED) is 0.710. The average molecular weight is 372 g/mol. The first-order valence-electron chi connectivity index (χ1n) is 9.16. The van der Waals surface area contributed by atoms with Gasteiger partial charge in [-0.05, 0) is 31.9 Å². The zero-order valence-electron chi connectivity index (χ0n) is 15.0. The van der Waals surface area contributed by atoms with Gasteiger partial charge < -0.3 is 9.64 Å². The molecule has 1 saturated carbocycles. The second-order valence-corrected chi connectivity index (χ2v) is 7.38. The lowest BCUT2D eigenvalue weighted by Gasteiger charge is -2.34. The molecule has 1 aliphatic carbocycles. The molecule has 1 amide bonds. The Morgan fingerprint density at radius 3 is 2.62 bits per heavy atom. The lowest BCUT2D eigenvalue weighted by molar-refractivity contribution is 0.0520. The van der Waals surface area contributed by atoms with E-state index in [1.165, 1.54) is 17.8 Å². The summed E-state index contributed by atoms with van der Waals surface area (Å²) < 4.78 is 5.00. The average Bonchev–Trinajstić information content (AvgIpc) is 3.16. The van der Waals surface area contributed by atoms with Crippen molar-refractivity contribution in [3.8, 4) is 0 Å². The third kappa shape index (κ3) is 4.49. The highest BCUT2D eigenvalue weighted by molar-refractivity contribution is 7.09. The number of esters is 1. The fourth-order valence-electron chi connectivity index (χ4n) is 3.33. The summed E-state index contributed by atoms with van der Waals surface area (Å²) >= 11 is 1.40. The molecule has 1 aliphatic rings. The summed E-state index contributed by atoms with van der Waals surface area (Å²) in [6, 6.07) is 9.61. The molecule has 1 heterocycles. The number of hydrogen-bond donors (Lipinski definition) is 0. The van der Waals surface area contributed by atoms with Gasteiger partial charge in [-0.3, -0.25) is 4.79 Å². The third-order valence-corrected chi connectivity index (χ3v) is 5.47. The van der Waals surface area contributed by atoms with Crippen molar-refractivity contribution in [3.05, 3.63) is 52.0 Å². The molecule has 2 aromatic rings. The van der Waals surface area contributed by atoms with Crippen molar-refractivity contribution < 1.29 is 14.3 Å². The highest BCUT2D eigenvalue weighted by Gasteiger charge is 2.27. The molecule has 0 unspecified atom stereocenters. The molecule has 1 aromatic heterocycles. The first kappa shape index (κ1) is 18.6. The fraction of sp³-hybridized carbons (Fsp3) is 0.450. The van der Waals surface area contributed by atoms with Crippen LogP contribution in [0.3, 0.4) is 0 Å². The van der Waals surface area contributed by atoms with E-state index in [0.29, 0.717) is 24.4 Å². The van der Waals surface area contributed by atoms with Crippen molar-refractivity contribution in [2.24, 2.45) is 0 Å². The smallest absolute Gasteiger partial charge is 0.357 e. The Morgan fingerprint density at radius 1 is 1.19 bits per heavy atom. The molecule has 26 heavy (non-hydrogen) atoms. The number of carbonyl (C=O) groups excluding carboxylic acids is 2. The Labute approximate surface area is 158 Å². The van der Waals surface area contributed by atoms with E-state index in [4.69, 9.17) is 4.74 Å². The van der Waals surface area contributed by atoms with Gasteiger partial charge in [0, 0.05) is 17.0 Å². The zero-order valence-corrected chi connectivity index (χ0v) is 15.8. The first-order valence-corrected chi connectivity index (χ1v) is 10.0. The molecule has 0 atom stereocenters. The Hall–Kier alpha value is -2.21. The Morgan fingerprint density at radius 2 is 1.92 bits per heavy atom. The zero-order chi connectivity index (χ0) is 18.4. The predicted octanol–water partition coefficient (Wildman–Crippen LogP) is 4.29. The van der Waals surface area contributed by atoms with Gasteiger partial charge in [0.2, 0.25) is 0 Å². The molecule has 3 rings (SSSR count). The second-order valence-electron chi connectivity index (χ2n) is 6.44. The van der Waals surface area contributed by atoms with Gasteiger partial charge in [0.15, 0.2) is 5.69 Å². The number of hydrogen-bond acceptors (Lipinski definition) is 5. The van der Waals surface area contributed by atoms with Crippen LogP contribution in [-0.2, 0) is 11.3 Å². The molecule has 6 heteroatoms. The number of nitrogens with zero attached hydrogens (tertiary/aromatic N) is 2. The van der Waals surface area contributed by atoms with Crippen LogP contribution < -0.4 is 0 Å². The minimum atomic E-state index is -0.409. The van der Waals surface area contributed by atoms with Gasteiger partial charge in [-0.2, -0.15) is 0 Å². The molecule has 0 bridgehead atoms. The van der Waals surface area contributed by atoms with E-state index in [9.17, 15) is 9.59 Å². The van der Waals surface area contributed by atoms with E-state index in [1.54, 1.807) is 12.3 Å². The number of aromatic nitrogens is 1. The summed E-state index contributed by atoms with van der Waals surface area (Å²) in [4.78, 5) is 31.3. The van der Waals surface area contributed by atoms with Gasteiger partial charge >= 0.3 is 5.97 Å². The molecule has 5 nitrogen and oxygen atoms in total. The molecule has 0 aliphatic heterocycles. The Kier molecular flexibility index (Phi) is 6.39. The fourth-order valence-corrected chi connectivity index (χ4v) is 4.10. The summed E-state index contributed by atoms with van der Waals surface area (Å²) in [6.07, 6.45) is 5.57. The van der Waals surface area contributed by atoms with Gasteiger partial charge in [0.25, 0.3) is 5.91 Å². The topological polar surface area (TPSA) is 59.5 Å². The monoisotopic (exact) mass is 372 g/mol. The maximum absolute atomic E-state index is 13.1. The van der Waals surface area contributed by atoms with Crippen LogP contribution in [0.4, 0.5) is 0 Å². The van der Waals surface area contributed by atoms with Crippen molar-refractivity contribution in [2.75, 3.05) is 6.61 Å². The van der Waals surface area contributed by atoms with E-state index in [-0.39, 0.29) is 11.9 Å². The molecular weight excluding hydrogens is 348 g/mol. The third-order valence-electron chi connectivity index (χ3n) is 4.64. The van der Waals surface area contributed by atoms with Gasteiger partial charge in [0.1, 0.15) is 5.01 Å². The molecule has 0 radical (unpaired) electrons. The van der Waals surface area contributed by atoms with Gasteiger partial charge in [-0.25, -0.2) is 9.78 Å². The molecule has 0 N–H and O–H groups in total. The second kappa shape index (κ2) is 8.94. The van der Waals surface area contributed by atoms with Crippen LogP contribution >= 0.6 is 11.3 Å². The number of amides is 1. The van der Waals surface area contributed by atoms with Crippen LogP contribution in [0.25, 0.3) is 0 Å². The lowest BCUT2D eigenvalue weighted by atomic mass is 9.93. The van der Waals surface area contributed by atoms with Crippen LogP contribution in [0, 0.1) is 0 Å². The summed E-state index contributed by atoms with van der Waals surface area (Å²) in [5.41, 5.74) is 1.02. The molecular formula is C20H24N2O3S. The predicted molar refractivity (Wildman–Crippen MR) is 101 cm³/mol. The lowest BCUT2D eigenvalue weighted by Crippen LogP contribution is -2.41. The van der Waals surface area contributed by atoms with Crippen molar-refractivity contribution >= 4 is 23.2 Å². The summed E-state index contributed by atoms with van der Waals surface area (Å²) in [5.74, 6) is -0.376. The van der Waals surface area contributed by atoms with Crippen molar-refractivity contribution in [3.63, 3.8) is 0 Å². The van der Waals surface area contributed by atoms with Crippen LogP contribution in [0.15, 0.2) is 35.7 Å². The highest BCUT2D eigenvalue weighted by atomic mass is 32.1. The maximum atomic E-state index is 13.1. The minimum Gasteiger partial charge on any atom is -0.461 e. The molecule has 0 spiro atoms.